The van der Waals surface area contributed by atoms with Crippen molar-refractivity contribution in [2.24, 2.45) is 0 Å². The fourth-order valence-corrected chi connectivity index (χ4v) is 1.50. The minimum atomic E-state index is -0.310. The van der Waals surface area contributed by atoms with Crippen molar-refractivity contribution in [2.75, 3.05) is 26.7 Å². The smallest absolute Gasteiger partial charge is 0.314 e. The second-order valence-electron chi connectivity index (χ2n) is 3.37. The summed E-state index contributed by atoms with van der Waals surface area (Å²) in [4.78, 5) is 24.1. The van der Waals surface area contributed by atoms with Crippen LogP contribution >= 0.6 is 0 Å². The molecule has 0 atom stereocenters. The number of likely N-dealkylation sites (tertiary alicyclic amines) is 1. The summed E-state index contributed by atoms with van der Waals surface area (Å²) in [6.45, 7) is 1.75. The highest BCUT2D eigenvalue weighted by Gasteiger charge is 2.16. The van der Waals surface area contributed by atoms with Crippen molar-refractivity contribution in [2.45, 2.75) is 19.3 Å². The molecule has 0 unspecified atom stereocenters. The average molecular weight is 199 g/mol. The Labute approximate surface area is 83.8 Å². The van der Waals surface area contributed by atoms with Gasteiger partial charge in [-0.3, -0.25) is 4.79 Å². The maximum Gasteiger partial charge on any atom is 0.314 e. The lowest BCUT2D eigenvalue weighted by Gasteiger charge is -2.26. The van der Waals surface area contributed by atoms with Gasteiger partial charge in [-0.05, 0) is 19.3 Å². The van der Waals surface area contributed by atoms with Gasteiger partial charge in [-0.2, -0.15) is 0 Å². The first-order valence-corrected chi connectivity index (χ1v) is 4.97. The Morgan fingerprint density at radius 1 is 1.21 bits per heavy atom. The molecule has 0 bridgehead atoms. The molecule has 0 aromatic carbocycles. The number of amides is 3. The van der Waals surface area contributed by atoms with Crippen LogP contribution in [0.15, 0.2) is 0 Å². The molecule has 1 heterocycles. The summed E-state index contributed by atoms with van der Waals surface area (Å²) in [6, 6.07) is -0.310. The average Bonchev–Trinajstić information content (AvgIpc) is 2.26. The highest BCUT2D eigenvalue weighted by atomic mass is 16.2. The highest BCUT2D eigenvalue weighted by molar-refractivity contribution is 5.83. The van der Waals surface area contributed by atoms with Gasteiger partial charge in [0, 0.05) is 20.1 Å². The minimum Gasteiger partial charge on any atom is -0.341 e. The molecule has 80 valence electrons. The van der Waals surface area contributed by atoms with Gasteiger partial charge in [0.25, 0.3) is 0 Å². The molecule has 0 radical (unpaired) electrons. The van der Waals surface area contributed by atoms with Crippen LogP contribution in [-0.4, -0.2) is 43.5 Å². The molecule has 0 aliphatic carbocycles. The molecule has 1 fully saturated rings. The molecule has 2 N–H and O–H groups in total. The van der Waals surface area contributed by atoms with Crippen LogP contribution in [0.5, 0.6) is 0 Å². The lowest BCUT2D eigenvalue weighted by molar-refractivity contribution is -0.130. The molecular formula is C9H17N3O2. The summed E-state index contributed by atoms with van der Waals surface area (Å²) in [5, 5.41) is 4.89. The van der Waals surface area contributed by atoms with Gasteiger partial charge in [-0.25, -0.2) is 4.79 Å². The number of carbonyl (C=O) groups is 2. The second-order valence-corrected chi connectivity index (χ2v) is 3.37. The maximum atomic E-state index is 11.5. The van der Waals surface area contributed by atoms with E-state index in [0.717, 1.165) is 25.9 Å². The van der Waals surface area contributed by atoms with Crippen LogP contribution in [-0.2, 0) is 4.79 Å². The summed E-state index contributed by atoms with van der Waals surface area (Å²) in [7, 11) is 1.53. The van der Waals surface area contributed by atoms with E-state index in [-0.39, 0.29) is 18.5 Å². The van der Waals surface area contributed by atoms with Gasteiger partial charge in [0.1, 0.15) is 0 Å². The Bertz CT molecular complexity index is 212. The summed E-state index contributed by atoms with van der Waals surface area (Å²) >= 11 is 0. The number of piperidine rings is 1. The first-order chi connectivity index (χ1) is 6.74. The Balaban J connectivity index is 2.23. The van der Waals surface area contributed by atoms with E-state index in [9.17, 15) is 9.59 Å². The van der Waals surface area contributed by atoms with Gasteiger partial charge in [-0.1, -0.05) is 0 Å². The zero-order valence-corrected chi connectivity index (χ0v) is 8.51. The van der Waals surface area contributed by atoms with Crippen LogP contribution in [0, 0.1) is 0 Å². The molecule has 1 rings (SSSR count). The summed E-state index contributed by atoms with van der Waals surface area (Å²) in [6.07, 6.45) is 3.35. The first kappa shape index (κ1) is 10.8. The number of nitrogens with one attached hydrogen (secondary N) is 2. The molecule has 5 heteroatoms. The van der Waals surface area contributed by atoms with E-state index in [1.54, 1.807) is 4.90 Å². The molecule has 0 spiro atoms. The van der Waals surface area contributed by atoms with E-state index in [0.29, 0.717) is 0 Å². The zero-order valence-electron chi connectivity index (χ0n) is 8.51. The predicted molar refractivity (Wildman–Crippen MR) is 52.9 cm³/mol. The van der Waals surface area contributed by atoms with Crippen molar-refractivity contribution in [3.63, 3.8) is 0 Å². The monoisotopic (exact) mass is 199 g/mol. The molecule has 1 aliphatic rings. The predicted octanol–water partition coefficient (Wildman–Crippen LogP) is -0.0721. The first-order valence-electron chi connectivity index (χ1n) is 4.97. The third-order valence-electron chi connectivity index (χ3n) is 2.34. The molecule has 1 saturated heterocycles. The standard InChI is InChI=1S/C9H17N3O2/c1-10-9(14)11-7-8(13)12-5-3-2-4-6-12/h2-7H2,1H3,(H2,10,11,14). The normalized spacial score (nSPS) is 16.2. The summed E-state index contributed by atoms with van der Waals surface area (Å²) in [5.74, 6) is 0.00769. The van der Waals surface area contributed by atoms with Crippen LogP contribution in [0.1, 0.15) is 19.3 Å². The van der Waals surface area contributed by atoms with Crippen LogP contribution in [0.4, 0.5) is 4.79 Å². The summed E-state index contributed by atoms with van der Waals surface area (Å²) < 4.78 is 0. The number of hydrogen-bond donors (Lipinski definition) is 2. The molecule has 0 aromatic heterocycles. The minimum absolute atomic E-state index is 0.00769. The molecule has 3 amide bonds. The lowest BCUT2D eigenvalue weighted by atomic mass is 10.1. The topological polar surface area (TPSA) is 61.4 Å². The van der Waals surface area contributed by atoms with E-state index in [2.05, 4.69) is 10.6 Å². The number of nitrogens with zero attached hydrogens (tertiary/aromatic N) is 1. The van der Waals surface area contributed by atoms with E-state index >= 15 is 0 Å². The molecule has 5 nitrogen and oxygen atoms in total. The Morgan fingerprint density at radius 2 is 1.86 bits per heavy atom. The van der Waals surface area contributed by atoms with Crippen molar-refractivity contribution in [3.8, 4) is 0 Å². The van der Waals surface area contributed by atoms with Gasteiger partial charge >= 0.3 is 6.03 Å². The SMILES string of the molecule is CNC(=O)NCC(=O)N1CCCCC1. The molecule has 0 saturated carbocycles. The Kier molecular flexibility index (Phi) is 4.22. The van der Waals surface area contributed by atoms with Gasteiger partial charge in [0.2, 0.25) is 5.91 Å². The van der Waals surface area contributed by atoms with Gasteiger partial charge < -0.3 is 15.5 Å². The fourth-order valence-electron chi connectivity index (χ4n) is 1.50. The second kappa shape index (κ2) is 5.47. The highest BCUT2D eigenvalue weighted by Crippen LogP contribution is 2.07. The van der Waals surface area contributed by atoms with E-state index in [4.69, 9.17) is 0 Å². The molecular weight excluding hydrogens is 182 g/mol. The van der Waals surface area contributed by atoms with Gasteiger partial charge in [0.05, 0.1) is 6.54 Å². The largest absolute Gasteiger partial charge is 0.341 e. The third-order valence-corrected chi connectivity index (χ3v) is 2.34. The van der Waals surface area contributed by atoms with E-state index in [1.165, 1.54) is 13.5 Å². The fraction of sp³-hybridized carbons (Fsp3) is 0.778. The number of carbonyl (C=O) groups excluding carboxylic acids is 2. The molecule has 14 heavy (non-hydrogen) atoms. The van der Waals surface area contributed by atoms with Crippen LogP contribution < -0.4 is 10.6 Å². The van der Waals surface area contributed by atoms with E-state index in [1.807, 2.05) is 0 Å². The Hall–Kier alpha value is -1.26. The maximum absolute atomic E-state index is 11.5. The van der Waals surface area contributed by atoms with Gasteiger partial charge in [-0.15, -0.1) is 0 Å². The quantitative estimate of drug-likeness (QED) is 0.654. The van der Waals surface area contributed by atoms with Crippen molar-refractivity contribution in [3.05, 3.63) is 0 Å². The third kappa shape index (κ3) is 3.24. The summed E-state index contributed by atoms with van der Waals surface area (Å²) in [5.41, 5.74) is 0. The van der Waals surface area contributed by atoms with Crippen LogP contribution in [0.3, 0.4) is 0 Å². The number of urea groups is 1. The Morgan fingerprint density at radius 3 is 2.43 bits per heavy atom. The van der Waals surface area contributed by atoms with Crippen LogP contribution in [0.2, 0.25) is 0 Å². The van der Waals surface area contributed by atoms with Crippen molar-refractivity contribution >= 4 is 11.9 Å². The van der Waals surface area contributed by atoms with Crippen molar-refractivity contribution < 1.29 is 9.59 Å². The lowest BCUT2D eigenvalue weighted by Crippen LogP contribution is -2.44. The number of rotatable bonds is 2. The number of hydrogen-bond acceptors (Lipinski definition) is 2. The van der Waals surface area contributed by atoms with E-state index < -0.39 is 0 Å². The molecule has 1 aliphatic heterocycles. The zero-order chi connectivity index (χ0) is 10.4. The van der Waals surface area contributed by atoms with Crippen LogP contribution in [0.25, 0.3) is 0 Å². The van der Waals surface area contributed by atoms with Crippen molar-refractivity contribution in [1.82, 2.24) is 15.5 Å². The molecule has 0 aromatic rings. The van der Waals surface area contributed by atoms with Crippen molar-refractivity contribution in [1.29, 1.82) is 0 Å². The van der Waals surface area contributed by atoms with Gasteiger partial charge in [0.15, 0.2) is 0 Å².